The molecule has 21 heavy (non-hydrogen) atoms. The maximum atomic E-state index is 11.4. The minimum atomic E-state index is -0.634. The van der Waals surface area contributed by atoms with Crippen LogP contribution < -0.4 is 14.9 Å². The molecule has 1 amide bonds. The molecule has 0 atom stereocenters. The molecule has 0 aromatic heterocycles. The van der Waals surface area contributed by atoms with Crippen LogP contribution in [0.5, 0.6) is 11.5 Å². The first kappa shape index (κ1) is 17.1. The number of nitrogens with zero attached hydrogens (tertiary/aromatic N) is 1. The average Bonchev–Trinajstić information content (AvgIpc) is 2.35. The van der Waals surface area contributed by atoms with Crippen molar-refractivity contribution in [3.63, 3.8) is 0 Å². The Morgan fingerprint density at radius 3 is 2.48 bits per heavy atom. The lowest BCUT2D eigenvalue weighted by Gasteiger charge is -2.18. The third-order valence-electron chi connectivity index (χ3n) is 2.22. The smallest absolute Gasteiger partial charge is 0.428 e. The number of hydrazone groups is 1. The van der Waals surface area contributed by atoms with E-state index in [9.17, 15) is 4.79 Å². The number of carbonyl (C=O) groups excluding carboxylic acids is 1. The van der Waals surface area contributed by atoms with E-state index in [-0.39, 0.29) is 0 Å². The molecule has 0 radical (unpaired) electrons. The van der Waals surface area contributed by atoms with Crippen LogP contribution >= 0.6 is 11.6 Å². The lowest BCUT2D eigenvalue weighted by molar-refractivity contribution is 0.0529. The van der Waals surface area contributed by atoms with Crippen molar-refractivity contribution in [3.05, 3.63) is 22.7 Å². The second-order valence-corrected chi connectivity index (χ2v) is 5.52. The Labute approximate surface area is 129 Å². The molecule has 1 aromatic carbocycles. The molecule has 1 aromatic rings. The number of amides is 1. The second-order valence-electron chi connectivity index (χ2n) is 5.11. The lowest BCUT2D eigenvalue weighted by Crippen LogP contribution is -2.29. The van der Waals surface area contributed by atoms with Gasteiger partial charge in [0, 0.05) is 0 Å². The van der Waals surface area contributed by atoms with Gasteiger partial charge in [0.25, 0.3) is 0 Å². The molecule has 0 fully saturated rings. The molecule has 0 saturated carbocycles. The largest absolute Gasteiger partial charge is 0.493 e. The topological polar surface area (TPSA) is 69.2 Å². The maximum Gasteiger partial charge on any atom is 0.428 e. The monoisotopic (exact) mass is 314 g/mol. The van der Waals surface area contributed by atoms with E-state index in [4.69, 9.17) is 25.8 Å². The van der Waals surface area contributed by atoms with Crippen molar-refractivity contribution in [2.45, 2.75) is 26.4 Å². The van der Waals surface area contributed by atoms with Gasteiger partial charge in [-0.1, -0.05) is 11.6 Å². The number of rotatable bonds is 4. The van der Waals surface area contributed by atoms with Crippen LogP contribution in [0.25, 0.3) is 0 Å². The molecule has 0 unspecified atom stereocenters. The van der Waals surface area contributed by atoms with Crippen LogP contribution in [0, 0.1) is 0 Å². The Morgan fingerprint density at radius 2 is 1.95 bits per heavy atom. The quantitative estimate of drug-likeness (QED) is 0.684. The summed E-state index contributed by atoms with van der Waals surface area (Å²) in [5.74, 6) is 0.917. The first-order chi connectivity index (χ1) is 9.76. The highest BCUT2D eigenvalue weighted by Gasteiger charge is 2.15. The number of hydrogen-bond acceptors (Lipinski definition) is 5. The van der Waals surface area contributed by atoms with E-state index in [0.717, 1.165) is 0 Å². The van der Waals surface area contributed by atoms with E-state index in [2.05, 4.69) is 10.5 Å². The predicted octanol–water partition coefficient (Wildman–Crippen LogP) is 3.22. The zero-order valence-electron chi connectivity index (χ0n) is 12.7. The van der Waals surface area contributed by atoms with Crippen molar-refractivity contribution in [3.8, 4) is 11.5 Å². The van der Waals surface area contributed by atoms with Gasteiger partial charge in [-0.25, -0.2) is 10.2 Å². The Hall–Kier alpha value is -1.95. The Bertz CT molecular complexity index is 539. The molecule has 7 heteroatoms. The molecule has 1 N–H and O–H groups in total. The second kappa shape index (κ2) is 7.17. The first-order valence-corrected chi connectivity index (χ1v) is 6.58. The Morgan fingerprint density at radius 1 is 1.29 bits per heavy atom. The van der Waals surface area contributed by atoms with Gasteiger partial charge in [-0.05, 0) is 38.5 Å². The van der Waals surface area contributed by atoms with Crippen molar-refractivity contribution in [2.75, 3.05) is 14.2 Å². The third-order valence-corrected chi connectivity index (χ3v) is 2.50. The van der Waals surface area contributed by atoms with E-state index in [1.165, 1.54) is 20.4 Å². The molecule has 0 aliphatic heterocycles. The summed E-state index contributed by atoms with van der Waals surface area (Å²) in [6.07, 6.45) is 0.794. The van der Waals surface area contributed by atoms with Gasteiger partial charge >= 0.3 is 6.09 Å². The summed E-state index contributed by atoms with van der Waals surface area (Å²) in [6.45, 7) is 5.30. The molecule has 0 aliphatic carbocycles. The van der Waals surface area contributed by atoms with E-state index in [1.54, 1.807) is 32.9 Å². The Kier molecular flexibility index (Phi) is 5.84. The summed E-state index contributed by atoms with van der Waals surface area (Å²) >= 11 is 6.06. The van der Waals surface area contributed by atoms with Crippen molar-refractivity contribution < 1.29 is 19.0 Å². The van der Waals surface area contributed by atoms with Gasteiger partial charge in [0.05, 0.1) is 25.5 Å². The number of ether oxygens (including phenoxy) is 3. The van der Waals surface area contributed by atoms with Crippen LogP contribution in [0.3, 0.4) is 0 Å². The number of hydrogen-bond donors (Lipinski definition) is 1. The molecule has 0 saturated heterocycles. The van der Waals surface area contributed by atoms with Gasteiger partial charge in [-0.2, -0.15) is 5.10 Å². The molecular formula is C14H19ClN2O4. The van der Waals surface area contributed by atoms with E-state index in [1.807, 2.05) is 0 Å². The standard InChI is InChI=1S/C14H19ClN2O4/c1-14(2,3)21-13(18)17-16-8-9-6-10(15)12(20-5)11(7-9)19-4/h6-8H,1-5H3,(H,17,18)/b16-8-. The van der Waals surface area contributed by atoms with E-state index < -0.39 is 11.7 Å². The fraction of sp³-hybridized carbons (Fsp3) is 0.429. The lowest BCUT2D eigenvalue weighted by atomic mass is 10.2. The van der Waals surface area contributed by atoms with Crippen LogP contribution in [-0.4, -0.2) is 32.1 Å². The van der Waals surface area contributed by atoms with Crippen molar-refractivity contribution in [1.82, 2.24) is 5.43 Å². The number of benzene rings is 1. The van der Waals surface area contributed by atoms with Gasteiger partial charge in [0.2, 0.25) is 0 Å². The minimum absolute atomic E-state index is 0.385. The summed E-state index contributed by atoms with van der Waals surface area (Å²) in [5.41, 5.74) is 2.34. The first-order valence-electron chi connectivity index (χ1n) is 6.20. The number of methoxy groups -OCH3 is 2. The molecular weight excluding hydrogens is 296 g/mol. The predicted molar refractivity (Wildman–Crippen MR) is 81.5 cm³/mol. The highest BCUT2D eigenvalue weighted by atomic mass is 35.5. The molecule has 6 nitrogen and oxygen atoms in total. The number of halogens is 1. The van der Waals surface area contributed by atoms with Crippen molar-refractivity contribution in [2.24, 2.45) is 5.10 Å². The van der Waals surface area contributed by atoms with Crippen LogP contribution in [0.1, 0.15) is 26.3 Å². The minimum Gasteiger partial charge on any atom is -0.493 e. The van der Waals surface area contributed by atoms with Gasteiger partial charge in [0.15, 0.2) is 11.5 Å². The van der Waals surface area contributed by atoms with Gasteiger partial charge in [-0.3, -0.25) is 0 Å². The third kappa shape index (κ3) is 5.51. The van der Waals surface area contributed by atoms with E-state index in [0.29, 0.717) is 22.1 Å². The molecule has 1 rings (SSSR count). The van der Waals surface area contributed by atoms with Gasteiger partial charge < -0.3 is 14.2 Å². The number of carbonyl (C=O) groups is 1. The van der Waals surface area contributed by atoms with Crippen LogP contribution in [0.15, 0.2) is 17.2 Å². The summed E-state index contributed by atoms with van der Waals surface area (Å²) in [5, 5.41) is 4.18. The van der Waals surface area contributed by atoms with Crippen LogP contribution in [0.2, 0.25) is 5.02 Å². The van der Waals surface area contributed by atoms with Crippen LogP contribution in [-0.2, 0) is 4.74 Å². The van der Waals surface area contributed by atoms with Gasteiger partial charge in [0.1, 0.15) is 5.60 Å². The molecule has 0 aliphatic rings. The molecule has 0 spiro atoms. The van der Waals surface area contributed by atoms with Crippen molar-refractivity contribution >= 4 is 23.9 Å². The maximum absolute atomic E-state index is 11.4. The molecule has 0 bridgehead atoms. The van der Waals surface area contributed by atoms with Crippen LogP contribution in [0.4, 0.5) is 4.79 Å². The van der Waals surface area contributed by atoms with E-state index >= 15 is 0 Å². The van der Waals surface area contributed by atoms with Gasteiger partial charge in [-0.15, -0.1) is 0 Å². The summed E-state index contributed by atoms with van der Waals surface area (Å²) in [4.78, 5) is 11.4. The SMILES string of the molecule is COc1cc(/C=N\NC(=O)OC(C)(C)C)cc(Cl)c1OC. The molecule has 116 valence electrons. The van der Waals surface area contributed by atoms with Crippen molar-refractivity contribution in [1.29, 1.82) is 0 Å². The molecule has 0 heterocycles. The highest BCUT2D eigenvalue weighted by molar-refractivity contribution is 6.32. The normalized spacial score (nSPS) is 11.3. The summed E-state index contributed by atoms with van der Waals surface area (Å²) < 4.78 is 15.3. The fourth-order valence-corrected chi connectivity index (χ4v) is 1.77. The number of nitrogens with one attached hydrogen (secondary N) is 1. The highest BCUT2D eigenvalue weighted by Crippen LogP contribution is 2.35. The Balaban J connectivity index is 2.77. The zero-order valence-corrected chi connectivity index (χ0v) is 13.4. The average molecular weight is 315 g/mol. The zero-order chi connectivity index (χ0) is 16.0. The summed E-state index contributed by atoms with van der Waals surface area (Å²) in [7, 11) is 3.01. The summed E-state index contributed by atoms with van der Waals surface area (Å²) in [6, 6.07) is 3.33. The fourth-order valence-electron chi connectivity index (χ4n) is 1.47.